The fraction of sp³-hybridized carbons (Fsp3) is 0.471. The van der Waals surface area contributed by atoms with Crippen molar-refractivity contribution in [2.45, 2.75) is 40.2 Å². The Bertz CT molecular complexity index is 787. The quantitative estimate of drug-likeness (QED) is 0.702. The lowest BCUT2D eigenvalue weighted by Gasteiger charge is -2.20. The molecule has 0 aliphatic carbocycles. The lowest BCUT2D eigenvalue weighted by molar-refractivity contribution is 0.575. The molecule has 3 heterocycles. The Hall–Kier alpha value is -2.37. The van der Waals surface area contributed by atoms with Crippen LogP contribution >= 0.6 is 0 Å². The van der Waals surface area contributed by atoms with E-state index in [1.54, 1.807) is 0 Å². The maximum Gasteiger partial charge on any atom is 0.160 e. The van der Waals surface area contributed by atoms with Crippen molar-refractivity contribution in [1.29, 1.82) is 0 Å². The van der Waals surface area contributed by atoms with Gasteiger partial charge in [0.15, 0.2) is 5.65 Å². The van der Waals surface area contributed by atoms with Crippen LogP contribution in [-0.2, 0) is 13.0 Å². The Balaban J connectivity index is 1.83. The van der Waals surface area contributed by atoms with Gasteiger partial charge in [-0.2, -0.15) is 14.7 Å². The number of aromatic nitrogens is 5. The van der Waals surface area contributed by atoms with Gasteiger partial charge in [0.2, 0.25) is 0 Å². The van der Waals surface area contributed by atoms with Gasteiger partial charge in [-0.15, -0.1) is 0 Å². The van der Waals surface area contributed by atoms with E-state index >= 15 is 0 Å². The van der Waals surface area contributed by atoms with E-state index in [-0.39, 0.29) is 0 Å². The summed E-state index contributed by atoms with van der Waals surface area (Å²) in [6.07, 6.45) is 5.77. The number of rotatable bonds is 6. The molecule has 3 aromatic heterocycles. The van der Waals surface area contributed by atoms with Crippen LogP contribution < -0.4 is 4.90 Å². The molecule has 3 rings (SSSR count). The summed E-state index contributed by atoms with van der Waals surface area (Å²) in [6, 6.07) is 4.10. The van der Waals surface area contributed by atoms with Crippen LogP contribution in [0, 0.1) is 13.8 Å². The SMILES string of the molecule is CCc1cc(N(C)CCCn2cccn2)n2nc(C)c(C)c2n1. The molecule has 0 amide bonds. The lowest BCUT2D eigenvalue weighted by Crippen LogP contribution is -2.23. The minimum atomic E-state index is 0.920. The van der Waals surface area contributed by atoms with Gasteiger partial charge in [-0.05, 0) is 32.8 Å². The number of anilines is 1. The fourth-order valence-corrected chi connectivity index (χ4v) is 2.73. The first-order chi connectivity index (χ1) is 11.1. The molecule has 3 aromatic rings. The molecule has 0 fully saturated rings. The van der Waals surface area contributed by atoms with Crippen molar-refractivity contribution >= 4 is 11.5 Å². The molecule has 0 bridgehead atoms. The van der Waals surface area contributed by atoms with Gasteiger partial charge in [0.05, 0.1) is 5.69 Å². The van der Waals surface area contributed by atoms with Gasteiger partial charge in [0.25, 0.3) is 0 Å². The molecule has 0 spiro atoms. The standard InChI is InChI=1S/C17H24N6/c1-5-15-12-16(23-17(19-15)13(2)14(3)20-23)21(4)9-7-11-22-10-6-8-18-22/h6,8,10,12H,5,7,9,11H2,1-4H3. The van der Waals surface area contributed by atoms with Gasteiger partial charge in [-0.3, -0.25) is 4.68 Å². The highest BCUT2D eigenvalue weighted by atomic mass is 15.3. The Morgan fingerprint density at radius 3 is 2.78 bits per heavy atom. The normalized spacial score (nSPS) is 11.3. The van der Waals surface area contributed by atoms with Crippen molar-refractivity contribution < 1.29 is 0 Å². The average molecular weight is 312 g/mol. The minimum absolute atomic E-state index is 0.920. The van der Waals surface area contributed by atoms with Gasteiger partial charge in [-0.25, -0.2) is 4.98 Å². The van der Waals surface area contributed by atoms with Crippen LogP contribution in [0.15, 0.2) is 24.5 Å². The van der Waals surface area contributed by atoms with Crippen LogP contribution in [0.2, 0.25) is 0 Å². The zero-order valence-corrected chi connectivity index (χ0v) is 14.3. The first-order valence-electron chi connectivity index (χ1n) is 8.14. The zero-order valence-electron chi connectivity index (χ0n) is 14.3. The monoisotopic (exact) mass is 312 g/mol. The summed E-state index contributed by atoms with van der Waals surface area (Å²) < 4.78 is 3.94. The molecular formula is C17H24N6. The Morgan fingerprint density at radius 1 is 1.26 bits per heavy atom. The van der Waals surface area contributed by atoms with Crippen molar-refractivity contribution in [3.63, 3.8) is 0 Å². The van der Waals surface area contributed by atoms with Gasteiger partial charge in [-0.1, -0.05) is 6.92 Å². The smallest absolute Gasteiger partial charge is 0.160 e. The molecule has 0 atom stereocenters. The maximum absolute atomic E-state index is 4.74. The number of nitrogens with zero attached hydrogens (tertiary/aromatic N) is 6. The first-order valence-corrected chi connectivity index (χ1v) is 8.14. The van der Waals surface area contributed by atoms with Crippen LogP contribution in [0.4, 0.5) is 5.82 Å². The van der Waals surface area contributed by atoms with E-state index in [1.807, 2.05) is 34.6 Å². The van der Waals surface area contributed by atoms with E-state index in [9.17, 15) is 0 Å². The van der Waals surface area contributed by atoms with Gasteiger partial charge in [0, 0.05) is 49.9 Å². The van der Waals surface area contributed by atoms with Crippen molar-refractivity contribution in [3.8, 4) is 0 Å². The molecule has 6 nitrogen and oxygen atoms in total. The molecule has 0 saturated heterocycles. The predicted octanol–water partition coefficient (Wildman–Crippen LogP) is 2.63. The number of fused-ring (bicyclic) bond motifs is 1. The summed E-state index contributed by atoms with van der Waals surface area (Å²) in [7, 11) is 2.11. The summed E-state index contributed by atoms with van der Waals surface area (Å²) in [6.45, 7) is 8.13. The van der Waals surface area contributed by atoms with E-state index < -0.39 is 0 Å². The molecule has 0 aliphatic heterocycles. The van der Waals surface area contributed by atoms with Crippen molar-refractivity contribution in [2.75, 3.05) is 18.5 Å². The fourth-order valence-electron chi connectivity index (χ4n) is 2.73. The molecule has 0 N–H and O–H groups in total. The second kappa shape index (κ2) is 6.40. The summed E-state index contributed by atoms with van der Waals surface area (Å²) >= 11 is 0. The molecular weight excluding hydrogens is 288 g/mol. The predicted molar refractivity (Wildman–Crippen MR) is 92.0 cm³/mol. The Kier molecular flexibility index (Phi) is 4.32. The molecule has 0 unspecified atom stereocenters. The minimum Gasteiger partial charge on any atom is -0.359 e. The maximum atomic E-state index is 4.74. The Morgan fingerprint density at radius 2 is 2.09 bits per heavy atom. The number of aryl methyl sites for hydroxylation is 4. The largest absolute Gasteiger partial charge is 0.359 e. The molecule has 0 aromatic carbocycles. The van der Waals surface area contributed by atoms with Crippen molar-refractivity contribution in [3.05, 3.63) is 41.5 Å². The molecule has 23 heavy (non-hydrogen) atoms. The van der Waals surface area contributed by atoms with Gasteiger partial charge >= 0.3 is 0 Å². The second-order valence-electron chi connectivity index (χ2n) is 5.95. The lowest BCUT2D eigenvalue weighted by atomic mass is 10.2. The summed E-state index contributed by atoms with van der Waals surface area (Å²) in [5.74, 6) is 1.10. The van der Waals surface area contributed by atoms with Gasteiger partial charge < -0.3 is 4.90 Å². The van der Waals surface area contributed by atoms with Crippen molar-refractivity contribution in [2.24, 2.45) is 0 Å². The van der Waals surface area contributed by atoms with Crippen molar-refractivity contribution in [1.82, 2.24) is 24.4 Å². The first kappa shape index (κ1) is 15.5. The van der Waals surface area contributed by atoms with Crippen LogP contribution in [0.5, 0.6) is 0 Å². The summed E-state index contributed by atoms with van der Waals surface area (Å²) in [4.78, 5) is 6.99. The van der Waals surface area contributed by atoms with Gasteiger partial charge in [0.1, 0.15) is 5.82 Å². The van der Waals surface area contributed by atoms with Crippen LogP contribution in [0.25, 0.3) is 5.65 Å². The topological polar surface area (TPSA) is 51.2 Å². The third-order valence-corrected chi connectivity index (χ3v) is 4.28. The number of hydrogen-bond donors (Lipinski definition) is 0. The molecule has 0 aliphatic rings. The Labute approximate surface area is 136 Å². The number of hydrogen-bond acceptors (Lipinski definition) is 4. The third-order valence-electron chi connectivity index (χ3n) is 4.28. The van der Waals surface area contributed by atoms with E-state index in [2.05, 4.69) is 42.1 Å². The van der Waals surface area contributed by atoms with Crippen LogP contribution in [0.3, 0.4) is 0 Å². The molecule has 0 radical (unpaired) electrons. The summed E-state index contributed by atoms with van der Waals surface area (Å²) in [5, 5.41) is 8.91. The second-order valence-corrected chi connectivity index (χ2v) is 5.95. The molecule has 6 heteroatoms. The van der Waals surface area contributed by atoms with E-state index in [1.165, 1.54) is 0 Å². The van der Waals surface area contributed by atoms with Crippen LogP contribution in [0.1, 0.15) is 30.3 Å². The highest BCUT2D eigenvalue weighted by molar-refractivity contribution is 5.56. The van der Waals surface area contributed by atoms with E-state index in [0.717, 1.165) is 54.3 Å². The average Bonchev–Trinajstić information content (AvgIpc) is 3.16. The highest BCUT2D eigenvalue weighted by Gasteiger charge is 2.14. The highest BCUT2D eigenvalue weighted by Crippen LogP contribution is 2.21. The molecule has 122 valence electrons. The van der Waals surface area contributed by atoms with E-state index in [0.29, 0.717) is 0 Å². The van der Waals surface area contributed by atoms with Crippen LogP contribution in [-0.4, -0.2) is 38.0 Å². The summed E-state index contributed by atoms with van der Waals surface area (Å²) in [5.41, 5.74) is 4.27. The van der Waals surface area contributed by atoms with E-state index in [4.69, 9.17) is 4.98 Å². The molecule has 0 saturated carbocycles. The third kappa shape index (κ3) is 3.06. The zero-order chi connectivity index (χ0) is 16.4.